The number of aromatic nitrogens is 2. The number of anilines is 1. The van der Waals surface area contributed by atoms with E-state index in [1.165, 1.54) is 22.0 Å². The van der Waals surface area contributed by atoms with Crippen molar-refractivity contribution in [1.82, 2.24) is 9.55 Å². The molecule has 8 nitrogen and oxygen atoms in total. The molecule has 3 aromatic rings. The van der Waals surface area contributed by atoms with Gasteiger partial charge in [0.05, 0.1) is 16.2 Å². The molecule has 0 spiro atoms. The summed E-state index contributed by atoms with van der Waals surface area (Å²) in [7, 11) is 0. The number of hydrogen-bond donors (Lipinski definition) is 1. The summed E-state index contributed by atoms with van der Waals surface area (Å²) in [6, 6.07) is 6.30. The van der Waals surface area contributed by atoms with Crippen LogP contribution in [0.3, 0.4) is 0 Å². The smallest absolute Gasteiger partial charge is 0.274 e. The predicted octanol–water partition coefficient (Wildman–Crippen LogP) is 3.43. The Balaban J connectivity index is 1.75. The Bertz CT molecular complexity index is 1090. The van der Waals surface area contributed by atoms with Crippen LogP contribution in [0.15, 0.2) is 39.6 Å². The number of nitrogens with zero attached hydrogens (tertiary/aromatic N) is 3. The first kappa shape index (κ1) is 19.1. The van der Waals surface area contributed by atoms with Crippen LogP contribution in [-0.4, -0.2) is 26.1 Å². The number of nitro benzene ring substituents is 1. The van der Waals surface area contributed by atoms with Gasteiger partial charge in [0.25, 0.3) is 11.2 Å². The Hall–Kier alpha value is -2.72. The zero-order valence-electron chi connectivity index (χ0n) is 14.6. The molecule has 0 aliphatic carbocycles. The average molecular weight is 404 g/mol. The summed E-state index contributed by atoms with van der Waals surface area (Å²) in [4.78, 5) is 39.7. The Morgan fingerprint density at radius 2 is 2.19 bits per heavy atom. The van der Waals surface area contributed by atoms with E-state index in [0.29, 0.717) is 33.2 Å². The van der Waals surface area contributed by atoms with Crippen molar-refractivity contribution in [3.8, 4) is 0 Å². The molecule has 0 unspecified atom stereocenters. The van der Waals surface area contributed by atoms with Gasteiger partial charge < -0.3 is 5.32 Å². The van der Waals surface area contributed by atoms with Gasteiger partial charge in [0, 0.05) is 23.9 Å². The van der Waals surface area contributed by atoms with Crippen molar-refractivity contribution < 1.29 is 9.72 Å². The Morgan fingerprint density at radius 1 is 1.41 bits per heavy atom. The lowest BCUT2D eigenvalue weighted by Crippen LogP contribution is -2.22. The SMILES string of the molecule is CCn1c(SCC(=O)Nc2ccc(C)c([N+](=O)[O-])c2)nc2ccsc2c1=O. The summed E-state index contributed by atoms with van der Waals surface area (Å²) in [5.41, 5.74) is 1.32. The highest BCUT2D eigenvalue weighted by atomic mass is 32.2. The maximum absolute atomic E-state index is 12.5. The molecule has 0 saturated carbocycles. The van der Waals surface area contributed by atoms with Crippen molar-refractivity contribution in [3.63, 3.8) is 0 Å². The van der Waals surface area contributed by atoms with Crippen molar-refractivity contribution in [2.45, 2.75) is 25.5 Å². The fourth-order valence-electron chi connectivity index (χ4n) is 2.52. The van der Waals surface area contributed by atoms with Crippen LogP contribution in [0.25, 0.3) is 10.2 Å². The third-order valence-electron chi connectivity index (χ3n) is 3.87. The standard InChI is InChI=1S/C17H16N4O4S2/c1-3-20-16(23)15-12(6-7-26-15)19-17(20)27-9-14(22)18-11-5-4-10(2)13(8-11)21(24)25/h4-8H,3,9H2,1-2H3,(H,18,22). The minimum atomic E-state index is -0.486. The van der Waals surface area contributed by atoms with Gasteiger partial charge in [-0.05, 0) is 31.4 Å². The molecule has 140 valence electrons. The molecule has 0 atom stereocenters. The van der Waals surface area contributed by atoms with Crippen LogP contribution in [0.1, 0.15) is 12.5 Å². The molecule has 0 fully saturated rings. The third-order valence-corrected chi connectivity index (χ3v) is 5.74. The van der Waals surface area contributed by atoms with Crippen molar-refractivity contribution in [2.75, 3.05) is 11.1 Å². The summed E-state index contributed by atoms with van der Waals surface area (Å²) >= 11 is 2.50. The van der Waals surface area contributed by atoms with E-state index in [4.69, 9.17) is 0 Å². The molecule has 1 aromatic carbocycles. The predicted molar refractivity (Wildman–Crippen MR) is 107 cm³/mol. The number of thiophene rings is 1. The number of nitro groups is 1. The van der Waals surface area contributed by atoms with Gasteiger partial charge in [-0.3, -0.25) is 24.3 Å². The topological polar surface area (TPSA) is 107 Å². The van der Waals surface area contributed by atoms with Gasteiger partial charge in [-0.25, -0.2) is 4.98 Å². The fraction of sp³-hybridized carbons (Fsp3) is 0.235. The second-order valence-corrected chi connectivity index (χ2v) is 7.53. The van der Waals surface area contributed by atoms with Crippen LogP contribution in [0, 0.1) is 17.0 Å². The monoisotopic (exact) mass is 404 g/mol. The molecule has 0 aliphatic rings. The van der Waals surface area contributed by atoms with Gasteiger partial charge in [0.1, 0.15) is 4.70 Å². The van der Waals surface area contributed by atoms with Crippen molar-refractivity contribution in [1.29, 1.82) is 0 Å². The zero-order valence-corrected chi connectivity index (χ0v) is 16.2. The van der Waals surface area contributed by atoms with E-state index < -0.39 is 4.92 Å². The summed E-state index contributed by atoms with van der Waals surface area (Å²) < 4.78 is 2.13. The maximum Gasteiger partial charge on any atom is 0.274 e. The maximum atomic E-state index is 12.5. The van der Waals surface area contributed by atoms with Crippen molar-refractivity contribution in [3.05, 3.63) is 55.7 Å². The van der Waals surface area contributed by atoms with E-state index in [-0.39, 0.29) is 22.9 Å². The summed E-state index contributed by atoms with van der Waals surface area (Å²) in [5, 5.41) is 15.9. The molecule has 2 heterocycles. The molecule has 1 amide bonds. The molecular weight excluding hydrogens is 388 g/mol. The van der Waals surface area contributed by atoms with Gasteiger partial charge in [-0.15, -0.1) is 11.3 Å². The lowest BCUT2D eigenvalue weighted by Gasteiger charge is -2.10. The van der Waals surface area contributed by atoms with E-state index in [9.17, 15) is 19.7 Å². The molecule has 0 aliphatic heterocycles. The van der Waals surface area contributed by atoms with E-state index in [0.717, 1.165) is 11.8 Å². The number of thioether (sulfide) groups is 1. The molecule has 0 bridgehead atoms. The minimum absolute atomic E-state index is 0.0315. The molecule has 2 aromatic heterocycles. The van der Waals surface area contributed by atoms with E-state index in [1.54, 1.807) is 25.1 Å². The second kappa shape index (κ2) is 7.89. The van der Waals surface area contributed by atoms with Crippen molar-refractivity contribution >= 4 is 50.6 Å². The Labute approximate surface area is 162 Å². The largest absolute Gasteiger partial charge is 0.325 e. The quantitative estimate of drug-likeness (QED) is 0.292. The van der Waals surface area contributed by atoms with Crippen LogP contribution in [0.4, 0.5) is 11.4 Å². The summed E-state index contributed by atoms with van der Waals surface area (Å²) in [6.07, 6.45) is 0. The Kier molecular flexibility index (Phi) is 5.57. The minimum Gasteiger partial charge on any atom is -0.325 e. The first-order chi connectivity index (χ1) is 12.9. The number of amides is 1. The van der Waals surface area contributed by atoms with Crippen LogP contribution < -0.4 is 10.9 Å². The Morgan fingerprint density at radius 3 is 2.89 bits per heavy atom. The fourth-order valence-corrected chi connectivity index (χ4v) is 4.17. The molecule has 0 radical (unpaired) electrons. The first-order valence-corrected chi connectivity index (χ1v) is 9.93. The number of rotatable bonds is 6. The van der Waals surface area contributed by atoms with E-state index >= 15 is 0 Å². The van der Waals surface area contributed by atoms with Crippen LogP contribution in [-0.2, 0) is 11.3 Å². The number of nitrogens with one attached hydrogen (secondary N) is 1. The average Bonchev–Trinajstić information content (AvgIpc) is 3.10. The number of benzene rings is 1. The first-order valence-electron chi connectivity index (χ1n) is 8.06. The number of hydrogen-bond acceptors (Lipinski definition) is 7. The molecule has 3 rings (SSSR count). The molecule has 10 heteroatoms. The normalized spacial score (nSPS) is 10.9. The summed E-state index contributed by atoms with van der Waals surface area (Å²) in [6.45, 7) is 3.93. The number of carbonyl (C=O) groups excluding carboxylic acids is 1. The highest BCUT2D eigenvalue weighted by Crippen LogP contribution is 2.24. The van der Waals surface area contributed by atoms with Gasteiger partial charge in [-0.1, -0.05) is 17.8 Å². The number of carbonyl (C=O) groups is 1. The number of aryl methyl sites for hydroxylation is 1. The molecule has 1 N–H and O–H groups in total. The van der Waals surface area contributed by atoms with Gasteiger partial charge in [0.15, 0.2) is 5.16 Å². The zero-order chi connectivity index (χ0) is 19.6. The van der Waals surface area contributed by atoms with Gasteiger partial charge in [0.2, 0.25) is 5.91 Å². The molecule has 0 saturated heterocycles. The van der Waals surface area contributed by atoms with Gasteiger partial charge in [-0.2, -0.15) is 0 Å². The van der Waals surface area contributed by atoms with Crippen LogP contribution >= 0.6 is 23.1 Å². The second-order valence-electron chi connectivity index (χ2n) is 5.67. The van der Waals surface area contributed by atoms with Crippen LogP contribution in [0.5, 0.6) is 0 Å². The highest BCUT2D eigenvalue weighted by molar-refractivity contribution is 7.99. The lowest BCUT2D eigenvalue weighted by molar-refractivity contribution is -0.385. The molecule has 27 heavy (non-hydrogen) atoms. The van der Waals surface area contributed by atoms with E-state index in [1.807, 2.05) is 12.3 Å². The molecular formula is C17H16N4O4S2. The summed E-state index contributed by atoms with van der Waals surface area (Å²) in [5.74, 6) is -0.301. The van der Waals surface area contributed by atoms with Crippen LogP contribution in [0.2, 0.25) is 0 Å². The number of fused-ring (bicyclic) bond motifs is 1. The van der Waals surface area contributed by atoms with Gasteiger partial charge >= 0.3 is 0 Å². The highest BCUT2D eigenvalue weighted by Gasteiger charge is 2.15. The van der Waals surface area contributed by atoms with Crippen molar-refractivity contribution in [2.24, 2.45) is 0 Å². The van der Waals surface area contributed by atoms with E-state index in [2.05, 4.69) is 10.3 Å². The lowest BCUT2D eigenvalue weighted by atomic mass is 10.2. The third kappa shape index (κ3) is 4.01.